The number of rotatable bonds is 9. The van der Waals surface area contributed by atoms with E-state index >= 15 is 0 Å². The molecule has 0 fully saturated rings. The third kappa shape index (κ3) is 9.59. The van der Waals surface area contributed by atoms with Crippen LogP contribution in [0.4, 0.5) is 0 Å². The van der Waals surface area contributed by atoms with E-state index < -0.39 is 0 Å². The molecule has 0 saturated heterocycles. The predicted octanol–water partition coefficient (Wildman–Crippen LogP) is 5.72. The smallest absolute Gasteiger partial charge is 0.268 e. The van der Waals surface area contributed by atoms with Crippen LogP contribution in [0.15, 0.2) is 109 Å². The number of nitrogens with one attached hydrogen (secondary N) is 2. The lowest BCUT2D eigenvalue weighted by Crippen LogP contribution is -2.34. The summed E-state index contributed by atoms with van der Waals surface area (Å²) in [5.74, 6) is -0.689. The summed E-state index contributed by atoms with van der Waals surface area (Å²) in [6.07, 6.45) is 9.71. The summed E-state index contributed by atoms with van der Waals surface area (Å²) in [6, 6.07) is 18.4. The van der Waals surface area contributed by atoms with Gasteiger partial charge in [-0.25, -0.2) is 0 Å². The lowest BCUT2D eigenvalue weighted by Gasteiger charge is -2.11. The lowest BCUT2D eigenvalue weighted by atomic mass is 10.1. The van der Waals surface area contributed by atoms with Crippen LogP contribution in [0.1, 0.15) is 43.1 Å². The molecule has 162 valence electrons. The van der Waals surface area contributed by atoms with Gasteiger partial charge in [-0.15, -0.1) is 0 Å². The van der Waals surface area contributed by atoms with Gasteiger partial charge in [-0.3, -0.25) is 9.59 Å². The number of benzene rings is 2. The molecular formula is C27H32N2O2. The molecule has 0 bridgehead atoms. The molecule has 0 saturated carbocycles. The van der Waals surface area contributed by atoms with E-state index in [1.807, 2.05) is 69.3 Å². The van der Waals surface area contributed by atoms with Crippen LogP contribution in [0, 0.1) is 0 Å². The van der Waals surface area contributed by atoms with Gasteiger partial charge in [0.2, 0.25) is 0 Å². The number of carbonyl (C=O) groups excluding carboxylic acids is 2. The van der Waals surface area contributed by atoms with E-state index in [-0.39, 0.29) is 17.5 Å². The topological polar surface area (TPSA) is 58.2 Å². The molecule has 4 nitrogen and oxygen atoms in total. The molecule has 31 heavy (non-hydrogen) atoms. The van der Waals surface area contributed by atoms with Crippen molar-refractivity contribution < 1.29 is 9.59 Å². The van der Waals surface area contributed by atoms with Crippen LogP contribution in [-0.4, -0.2) is 11.8 Å². The molecule has 0 aliphatic rings. The van der Waals surface area contributed by atoms with Gasteiger partial charge >= 0.3 is 0 Å². The Balaban J connectivity index is 0.00000233. The highest BCUT2D eigenvalue weighted by Gasteiger charge is 2.13. The highest BCUT2D eigenvalue weighted by atomic mass is 16.2. The van der Waals surface area contributed by atoms with Crippen LogP contribution in [-0.2, 0) is 11.3 Å². The summed E-state index contributed by atoms with van der Waals surface area (Å²) >= 11 is 0. The summed E-state index contributed by atoms with van der Waals surface area (Å²) in [5, 5.41) is 5.56. The zero-order valence-corrected chi connectivity index (χ0v) is 18.6. The van der Waals surface area contributed by atoms with Crippen LogP contribution in [0.5, 0.6) is 0 Å². The van der Waals surface area contributed by atoms with Crippen molar-refractivity contribution in [3.8, 4) is 0 Å². The van der Waals surface area contributed by atoms with Crippen molar-refractivity contribution in [3.05, 3.63) is 120 Å². The fourth-order valence-electron chi connectivity index (χ4n) is 2.54. The van der Waals surface area contributed by atoms with Gasteiger partial charge in [-0.2, -0.15) is 0 Å². The maximum absolute atomic E-state index is 12.7. The molecule has 0 aromatic heterocycles. The Morgan fingerprint density at radius 1 is 0.935 bits per heavy atom. The first kappa shape index (κ1) is 25.4. The zero-order chi connectivity index (χ0) is 22.9. The molecule has 0 heterocycles. The third-order valence-electron chi connectivity index (χ3n) is 4.14. The zero-order valence-electron chi connectivity index (χ0n) is 18.6. The monoisotopic (exact) mass is 416 g/mol. The second kappa shape index (κ2) is 15.2. The number of hydrogen-bond acceptors (Lipinski definition) is 2. The van der Waals surface area contributed by atoms with E-state index in [0.717, 1.165) is 17.6 Å². The molecule has 0 atom stereocenters. The quantitative estimate of drug-likeness (QED) is 0.406. The van der Waals surface area contributed by atoms with Crippen molar-refractivity contribution in [2.24, 2.45) is 0 Å². The van der Waals surface area contributed by atoms with E-state index in [2.05, 4.69) is 17.2 Å². The molecule has 2 aromatic rings. The largest absolute Gasteiger partial charge is 0.347 e. The molecule has 2 rings (SSSR count). The molecular weight excluding hydrogens is 384 g/mol. The third-order valence-corrected chi connectivity index (χ3v) is 4.14. The lowest BCUT2D eigenvalue weighted by molar-refractivity contribution is -0.118. The molecule has 2 amide bonds. The number of hydrogen-bond donors (Lipinski definition) is 2. The minimum absolute atomic E-state index is 0.181. The molecule has 0 aliphatic heterocycles. The van der Waals surface area contributed by atoms with E-state index in [0.29, 0.717) is 12.1 Å². The van der Waals surface area contributed by atoms with Crippen LogP contribution in [0.3, 0.4) is 0 Å². The second-order valence-corrected chi connectivity index (χ2v) is 6.26. The molecule has 0 aliphatic carbocycles. The molecule has 2 N–H and O–H groups in total. The van der Waals surface area contributed by atoms with Gasteiger partial charge in [0.05, 0.1) is 0 Å². The van der Waals surface area contributed by atoms with Crippen LogP contribution in [0.25, 0.3) is 0 Å². The minimum atomic E-state index is -0.353. The van der Waals surface area contributed by atoms with Crippen molar-refractivity contribution in [2.75, 3.05) is 0 Å². The fourth-order valence-corrected chi connectivity index (χ4v) is 2.54. The molecule has 4 heteroatoms. The van der Waals surface area contributed by atoms with E-state index in [9.17, 15) is 9.59 Å². The van der Waals surface area contributed by atoms with E-state index in [4.69, 9.17) is 0 Å². The van der Waals surface area contributed by atoms with Gasteiger partial charge < -0.3 is 10.6 Å². The molecule has 0 spiro atoms. The number of allylic oxidation sites excluding steroid dienone is 6. The van der Waals surface area contributed by atoms with Gasteiger partial charge in [0.15, 0.2) is 0 Å². The molecule has 0 unspecified atom stereocenters. The van der Waals surface area contributed by atoms with Gasteiger partial charge in [-0.1, -0.05) is 100 Å². The van der Waals surface area contributed by atoms with Crippen molar-refractivity contribution in [3.63, 3.8) is 0 Å². The summed E-state index contributed by atoms with van der Waals surface area (Å²) in [5.41, 5.74) is 2.71. The fraction of sp³-hybridized carbons (Fsp3) is 0.185. The Morgan fingerprint density at radius 2 is 1.55 bits per heavy atom. The van der Waals surface area contributed by atoms with Crippen LogP contribution < -0.4 is 10.6 Å². The van der Waals surface area contributed by atoms with Crippen LogP contribution >= 0.6 is 0 Å². The number of amides is 2. The maximum atomic E-state index is 12.7. The normalized spacial score (nSPS) is 11.3. The first-order valence-corrected chi connectivity index (χ1v) is 10.5. The average Bonchev–Trinajstić information content (AvgIpc) is 2.83. The molecule has 0 radical (unpaired) electrons. The summed E-state index contributed by atoms with van der Waals surface area (Å²) in [6.45, 7) is 10.1. The Hall–Kier alpha value is -3.66. The van der Waals surface area contributed by atoms with Gasteiger partial charge in [0.1, 0.15) is 5.70 Å². The number of carbonyl (C=O) groups is 2. The average molecular weight is 417 g/mol. The standard InChI is InChI=1S/C25H26N2O2.C2H6/c1-3-12-20(4-2)15-11-18-23(27-24(28)22-16-9-6-10-17-22)25(29)26-19-21-13-7-5-8-14-21;1-2/h3,5-18H,1,4,19H2,2H3,(H,26,29)(H,27,28);1-2H3/b15-11-,20-12+,23-18-;. The van der Waals surface area contributed by atoms with E-state index in [1.165, 1.54) is 0 Å². The first-order chi connectivity index (χ1) is 15.1. The van der Waals surface area contributed by atoms with Crippen molar-refractivity contribution in [1.82, 2.24) is 10.6 Å². The summed E-state index contributed by atoms with van der Waals surface area (Å²) in [4.78, 5) is 25.2. The Morgan fingerprint density at radius 3 is 2.13 bits per heavy atom. The second-order valence-electron chi connectivity index (χ2n) is 6.26. The predicted molar refractivity (Wildman–Crippen MR) is 129 cm³/mol. The van der Waals surface area contributed by atoms with Crippen molar-refractivity contribution >= 4 is 11.8 Å². The Bertz CT molecular complexity index is 911. The highest BCUT2D eigenvalue weighted by Crippen LogP contribution is 2.05. The highest BCUT2D eigenvalue weighted by molar-refractivity contribution is 6.02. The van der Waals surface area contributed by atoms with Gasteiger partial charge in [-0.05, 0) is 35.8 Å². The minimum Gasteiger partial charge on any atom is -0.347 e. The first-order valence-electron chi connectivity index (χ1n) is 10.5. The molecule has 2 aromatic carbocycles. The Kier molecular flexibility index (Phi) is 12.5. The Labute approximate surface area is 186 Å². The van der Waals surface area contributed by atoms with Gasteiger partial charge in [0, 0.05) is 12.1 Å². The summed E-state index contributed by atoms with van der Waals surface area (Å²) in [7, 11) is 0. The van der Waals surface area contributed by atoms with Crippen LogP contribution in [0.2, 0.25) is 0 Å². The maximum Gasteiger partial charge on any atom is 0.268 e. The SMILES string of the molecule is C=C/C=C(/C=C\C=C(/NC(=O)c1ccccc1)C(=O)NCc1ccccc1)CC.CC. The summed E-state index contributed by atoms with van der Waals surface area (Å²) < 4.78 is 0. The van der Waals surface area contributed by atoms with Crippen molar-refractivity contribution in [1.29, 1.82) is 0 Å². The van der Waals surface area contributed by atoms with Crippen molar-refractivity contribution in [2.45, 2.75) is 33.7 Å². The van der Waals surface area contributed by atoms with Gasteiger partial charge in [0.25, 0.3) is 11.8 Å². The van der Waals surface area contributed by atoms with E-state index in [1.54, 1.807) is 42.5 Å².